The molecule has 1 aliphatic heterocycles. The van der Waals surface area contributed by atoms with Gasteiger partial charge in [0.05, 0.1) is 20.0 Å². The predicted molar refractivity (Wildman–Crippen MR) is 125 cm³/mol. The molecule has 0 fully saturated rings. The first-order valence-corrected chi connectivity index (χ1v) is 11.0. The van der Waals surface area contributed by atoms with Crippen LogP contribution in [0, 0.1) is 17.4 Å². The molecule has 1 unspecified atom stereocenters. The lowest BCUT2D eigenvalue weighted by Gasteiger charge is -2.29. The minimum Gasteiger partial charge on any atom is -0.493 e. The first-order valence-electron chi connectivity index (χ1n) is 9.91. The van der Waals surface area contributed by atoms with Crippen LogP contribution < -0.4 is 14.2 Å². The van der Waals surface area contributed by atoms with Crippen molar-refractivity contribution in [2.75, 3.05) is 13.7 Å². The fraction of sp³-hybridized carbons (Fsp3) is 0.261. The number of aromatic nitrogens is 4. The summed E-state index contributed by atoms with van der Waals surface area (Å²) < 4.78 is 21.1. The lowest BCUT2D eigenvalue weighted by molar-refractivity contribution is 0.0863. The maximum Gasteiger partial charge on any atom is 0.204 e. The highest BCUT2D eigenvalue weighted by atomic mass is 127. The molecule has 0 bridgehead atoms. The average Bonchev–Trinajstić information content (AvgIpc) is 3.14. The van der Waals surface area contributed by atoms with Gasteiger partial charge in [0.1, 0.15) is 12.1 Å². The molecule has 158 valence electrons. The standard InChI is InChI=1S/C23H21IN4O3/c1-13-4-14(2)25-9-17(13)21-11-30-20-6-15(5-19(29-3)22(20)31-21)10-28-12-27-18-7-16(24)8-26-23(18)28/h4-9,12,21H,10-11H2,1-3H3. The summed E-state index contributed by atoms with van der Waals surface area (Å²) in [7, 11) is 1.64. The Kier molecular flexibility index (Phi) is 5.17. The van der Waals surface area contributed by atoms with Gasteiger partial charge in [-0.25, -0.2) is 9.97 Å². The van der Waals surface area contributed by atoms with Crippen LogP contribution in [0.25, 0.3) is 11.2 Å². The van der Waals surface area contributed by atoms with E-state index in [0.29, 0.717) is 30.4 Å². The molecule has 0 saturated carbocycles. The maximum atomic E-state index is 6.31. The summed E-state index contributed by atoms with van der Waals surface area (Å²) in [5.41, 5.74) is 5.88. The van der Waals surface area contributed by atoms with Gasteiger partial charge in [-0.1, -0.05) is 0 Å². The van der Waals surface area contributed by atoms with Crippen LogP contribution >= 0.6 is 22.6 Å². The number of rotatable bonds is 4. The molecule has 1 atom stereocenters. The average molecular weight is 528 g/mol. The van der Waals surface area contributed by atoms with Crippen molar-refractivity contribution in [3.8, 4) is 17.2 Å². The van der Waals surface area contributed by atoms with Crippen molar-refractivity contribution in [2.24, 2.45) is 0 Å². The van der Waals surface area contributed by atoms with Gasteiger partial charge in [0.15, 0.2) is 23.3 Å². The van der Waals surface area contributed by atoms with E-state index in [1.165, 1.54) is 0 Å². The number of hydrogen-bond donors (Lipinski definition) is 0. The van der Waals surface area contributed by atoms with E-state index in [1.54, 1.807) is 13.4 Å². The van der Waals surface area contributed by atoms with Gasteiger partial charge in [0.2, 0.25) is 5.75 Å². The molecule has 0 aliphatic carbocycles. The van der Waals surface area contributed by atoms with E-state index in [2.05, 4.69) is 50.5 Å². The number of imidazole rings is 1. The molecule has 4 aromatic rings. The first kappa shape index (κ1) is 20.0. The van der Waals surface area contributed by atoms with Crippen molar-refractivity contribution in [1.29, 1.82) is 0 Å². The summed E-state index contributed by atoms with van der Waals surface area (Å²) in [6.07, 6.45) is 5.28. The van der Waals surface area contributed by atoms with E-state index < -0.39 is 0 Å². The Morgan fingerprint density at radius 3 is 2.81 bits per heavy atom. The number of fused-ring (bicyclic) bond motifs is 2. The number of benzene rings is 1. The molecule has 3 aromatic heterocycles. The second kappa shape index (κ2) is 7.99. The van der Waals surface area contributed by atoms with E-state index in [-0.39, 0.29) is 6.10 Å². The number of aryl methyl sites for hydroxylation is 2. The van der Waals surface area contributed by atoms with Crippen LogP contribution in [0.1, 0.15) is 28.5 Å². The van der Waals surface area contributed by atoms with Crippen molar-refractivity contribution in [2.45, 2.75) is 26.5 Å². The molecule has 31 heavy (non-hydrogen) atoms. The molecule has 0 spiro atoms. The van der Waals surface area contributed by atoms with Crippen molar-refractivity contribution in [3.63, 3.8) is 0 Å². The van der Waals surface area contributed by atoms with Gasteiger partial charge in [-0.3, -0.25) is 4.98 Å². The minimum atomic E-state index is -0.232. The second-order valence-electron chi connectivity index (χ2n) is 7.59. The largest absolute Gasteiger partial charge is 0.493 e. The van der Waals surface area contributed by atoms with Crippen LogP contribution in [0.3, 0.4) is 0 Å². The number of hydrogen-bond acceptors (Lipinski definition) is 6. The lowest BCUT2D eigenvalue weighted by atomic mass is 10.0. The quantitative estimate of drug-likeness (QED) is 0.361. The Balaban J connectivity index is 1.45. The van der Waals surface area contributed by atoms with Gasteiger partial charge in [0, 0.05) is 27.2 Å². The fourth-order valence-corrected chi connectivity index (χ4v) is 4.31. The van der Waals surface area contributed by atoms with Gasteiger partial charge < -0.3 is 18.8 Å². The summed E-state index contributed by atoms with van der Waals surface area (Å²) in [4.78, 5) is 13.4. The molecule has 7 nitrogen and oxygen atoms in total. The predicted octanol–water partition coefficient (Wildman–Crippen LogP) is 4.62. The number of methoxy groups -OCH3 is 1. The molecule has 0 radical (unpaired) electrons. The zero-order valence-corrected chi connectivity index (χ0v) is 19.6. The molecule has 0 saturated heterocycles. The number of pyridine rings is 2. The summed E-state index contributed by atoms with van der Waals surface area (Å²) in [6.45, 7) is 5.06. The van der Waals surface area contributed by atoms with Crippen LogP contribution in [0.2, 0.25) is 0 Å². The van der Waals surface area contributed by atoms with E-state index in [9.17, 15) is 0 Å². The fourth-order valence-electron chi connectivity index (χ4n) is 3.87. The molecule has 4 heterocycles. The van der Waals surface area contributed by atoms with E-state index in [0.717, 1.165) is 37.1 Å². The van der Waals surface area contributed by atoms with E-state index in [4.69, 9.17) is 14.2 Å². The summed E-state index contributed by atoms with van der Waals surface area (Å²) >= 11 is 2.24. The molecule has 0 N–H and O–H groups in total. The van der Waals surface area contributed by atoms with Crippen LogP contribution in [-0.2, 0) is 6.54 Å². The Morgan fingerprint density at radius 1 is 1.13 bits per heavy atom. The molecule has 0 amide bonds. The van der Waals surface area contributed by atoms with Crippen LogP contribution in [-0.4, -0.2) is 33.2 Å². The second-order valence-corrected chi connectivity index (χ2v) is 8.84. The third-order valence-corrected chi connectivity index (χ3v) is 5.95. The van der Waals surface area contributed by atoms with Crippen LogP contribution in [0.15, 0.2) is 43.0 Å². The maximum absolute atomic E-state index is 6.31. The van der Waals surface area contributed by atoms with Gasteiger partial charge in [-0.15, -0.1) is 0 Å². The van der Waals surface area contributed by atoms with Crippen molar-refractivity contribution in [1.82, 2.24) is 19.5 Å². The Bertz CT molecular complexity index is 1270. The van der Waals surface area contributed by atoms with E-state index >= 15 is 0 Å². The number of ether oxygens (including phenoxy) is 3. The third kappa shape index (κ3) is 3.80. The normalized spacial score (nSPS) is 15.3. The smallest absolute Gasteiger partial charge is 0.204 e. The van der Waals surface area contributed by atoms with Crippen LogP contribution in [0.4, 0.5) is 0 Å². The zero-order valence-electron chi connectivity index (χ0n) is 17.4. The highest BCUT2D eigenvalue weighted by molar-refractivity contribution is 14.1. The summed E-state index contributed by atoms with van der Waals surface area (Å²) in [6, 6.07) is 8.04. The van der Waals surface area contributed by atoms with Gasteiger partial charge >= 0.3 is 0 Å². The SMILES string of the molecule is COc1cc(Cn2cnc3cc(I)cnc32)cc2c1OC(c1cnc(C)cc1C)CO2. The summed E-state index contributed by atoms with van der Waals surface area (Å²) in [5, 5.41) is 0. The molecule has 8 heteroatoms. The zero-order chi connectivity index (χ0) is 21.5. The Hall–Kier alpha value is -2.88. The molecular weight excluding hydrogens is 507 g/mol. The van der Waals surface area contributed by atoms with Crippen LogP contribution in [0.5, 0.6) is 17.2 Å². The highest BCUT2D eigenvalue weighted by Crippen LogP contribution is 2.44. The summed E-state index contributed by atoms with van der Waals surface area (Å²) in [5.74, 6) is 1.93. The van der Waals surface area contributed by atoms with Gasteiger partial charge in [-0.2, -0.15) is 0 Å². The number of halogens is 1. The topological polar surface area (TPSA) is 71.3 Å². The third-order valence-electron chi connectivity index (χ3n) is 5.36. The lowest BCUT2D eigenvalue weighted by Crippen LogP contribution is -2.23. The molecule has 1 aromatic carbocycles. The van der Waals surface area contributed by atoms with E-state index in [1.807, 2.05) is 42.1 Å². The molecule has 5 rings (SSSR count). The van der Waals surface area contributed by atoms with Gasteiger partial charge in [-0.05, 0) is 71.8 Å². The molecule has 1 aliphatic rings. The molecular formula is C23H21IN4O3. The monoisotopic (exact) mass is 528 g/mol. The van der Waals surface area contributed by atoms with Crippen molar-refractivity contribution < 1.29 is 14.2 Å². The Morgan fingerprint density at radius 2 is 2.00 bits per heavy atom. The highest BCUT2D eigenvalue weighted by Gasteiger charge is 2.28. The first-order chi connectivity index (χ1) is 15.0. The van der Waals surface area contributed by atoms with Crippen molar-refractivity contribution in [3.05, 3.63) is 68.9 Å². The van der Waals surface area contributed by atoms with Crippen molar-refractivity contribution >= 4 is 33.8 Å². The van der Waals surface area contributed by atoms with Gasteiger partial charge in [0.25, 0.3) is 0 Å². The number of nitrogens with zero attached hydrogens (tertiary/aromatic N) is 4. The Labute approximate surface area is 193 Å². The minimum absolute atomic E-state index is 0.232.